The van der Waals surface area contributed by atoms with Gasteiger partial charge in [0.2, 0.25) is 17.7 Å². The van der Waals surface area contributed by atoms with Gasteiger partial charge in [0.1, 0.15) is 12.1 Å². The van der Waals surface area contributed by atoms with Crippen LogP contribution < -0.4 is 16.0 Å². The highest BCUT2D eigenvalue weighted by molar-refractivity contribution is 5.94. The predicted molar refractivity (Wildman–Crippen MR) is 141 cm³/mol. The molecule has 0 aromatic carbocycles. The first-order valence-corrected chi connectivity index (χ1v) is 12.8. The van der Waals surface area contributed by atoms with Gasteiger partial charge in [-0.25, -0.2) is 0 Å². The van der Waals surface area contributed by atoms with Crippen molar-refractivity contribution < 1.29 is 33.4 Å². The van der Waals surface area contributed by atoms with Crippen LogP contribution in [0, 0.1) is 11.8 Å². The van der Waals surface area contributed by atoms with E-state index in [1.165, 1.54) is 21.1 Å². The molecule has 10 nitrogen and oxygen atoms in total. The lowest BCUT2D eigenvalue weighted by molar-refractivity contribution is -0.138. The summed E-state index contributed by atoms with van der Waals surface area (Å²) in [6.07, 6.45) is 1.87. The summed E-state index contributed by atoms with van der Waals surface area (Å²) >= 11 is 0. The van der Waals surface area contributed by atoms with Crippen molar-refractivity contribution in [3.63, 3.8) is 0 Å². The molecule has 0 saturated heterocycles. The number of rotatable bonds is 14. The summed E-state index contributed by atoms with van der Waals surface area (Å²) in [5, 5.41) is 7.97. The molecule has 0 aliphatic rings. The van der Waals surface area contributed by atoms with E-state index in [0.29, 0.717) is 12.8 Å². The highest BCUT2D eigenvalue weighted by atomic mass is 16.5. The van der Waals surface area contributed by atoms with E-state index in [0.717, 1.165) is 12.8 Å². The van der Waals surface area contributed by atoms with Crippen molar-refractivity contribution in [2.75, 3.05) is 20.8 Å². The minimum absolute atomic E-state index is 0.124. The minimum Gasteiger partial charge on any atom is -0.469 e. The fourth-order valence-corrected chi connectivity index (χ4v) is 2.76. The van der Waals surface area contributed by atoms with E-state index in [1.807, 2.05) is 48.5 Å². The summed E-state index contributed by atoms with van der Waals surface area (Å²) in [6, 6.07) is -1.39. The number of esters is 1. The number of Topliss-reactive ketones (excluding diaryl/α,β-unsaturated/α-hetero) is 1. The van der Waals surface area contributed by atoms with Gasteiger partial charge < -0.3 is 25.4 Å². The number of amides is 3. The Hall–Kier alpha value is -2.49. The third kappa shape index (κ3) is 19.8. The van der Waals surface area contributed by atoms with E-state index >= 15 is 0 Å². The van der Waals surface area contributed by atoms with Crippen LogP contribution in [0.5, 0.6) is 0 Å². The van der Waals surface area contributed by atoms with E-state index in [-0.39, 0.29) is 36.0 Å². The zero-order valence-corrected chi connectivity index (χ0v) is 24.3. The third-order valence-corrected chi connectivity index (χ3v) is 4.87. The molecule has 0 spiro atoms. The first kappa shape index (κ1) is 38.0. The average molecular weight is 518 g/mol. The van der Waals surface area contributed by atoms with Gasteiger partial charge in [-0.05, 0) is 31.6 Å². The maximum absolute atomic E-state index is 12.5. The molecule has 0 radical (unpaired) electrons. The Kier molecular flexibility index (Phi) is 24.2. The highest BCUT2D eigenvalue weighted by Crippen LogP contribution is 2.09. The fraction of sp³-hybridized carbons (Fsp3) is 0.808. The Bertz CT molecular complexity index is 651. The maximum atomic E-state index is 12.5. The van der Waals surface area contributed by atoms with Gasteiger partial charge in [0.05, 0.1) is 19.7 Å². The van der Waals surface area contributed by atoms with E-state index in [9.17, 15) is 24.0 Å². The zero-order valence-electron chi connectivity index (χ0n) is 24.3. The number of hydrogen-bond acceptors (Lipinski definition) is 7. The fourth-order valence-electron chi connectivity index (χ4n) is 2.76. The lowest BCUT2D eigenvalue weighted by atomic mass is 9.97. The van der Waals surface area contributed by atoms with E-state index in [2.05, 4.69) is 20.7 Å². The number of methoxy groups -OCH3 is 2. The molecule has 0 bridgehead atoms. The molecule has 3 amide bonds. The van der Waals surface area contributed by atoms with Crippen LogP contribution in [0.25, 0.3) is 0 Å². The molecule has 3 N–H and O–H groups in total. The van der Waals surface area contributed by atoms with Crippen LogP contribution >= 0.6 is 0 Å². The summed E-state index contributed by atoms with van der Waals surface area (Å²) in [5.41, 5.74) is 0. The first-order valence-electron chi connectivity index (χ1n) is 12.8. The van der Waals surface area contributed by atoms with Crippen LogP contribution in [-0.4, -0.2) is 68.4 Å². The van der Waals surface area contributed by atoms with Gasteiger partial charge in [-0.15, -0.1) is 0 Å². The topological polar surface area (TPSA) is 140 Å². The summed E-state index contributed by atoms with van der Waals surface area (Å²) < 4.78 is 9.18. The molecule has 0 aromatic heterocycles. The summed E-state index contributed by atoms with van der Waals surface area (Å²) in [4.78, 5) is 58.7. The lowest BCUT2D eigenvalue weighted by Crippen LogP contribution is -2.53. The largest absolute Gasteiger partial charge is 0.469 e. The quantitative estimate of drug-likeness (QED) is 0.301. The smallest absolute Gasteiger partial charge is 0.302 e. The van der Waals surface area contributed by atoms with Crippen LogP contribution in [-0.2, 0) is 33.4 Å². The highest BCUT2D eigenvalue weighted by Gasteiger charge is 2.27. The number of ketones is 1. The molecule has 3 atom stereocenters. The molecule has 10 heteroatoms. The molecule has 0 aliphatic carbocycles. The van der Waals surface area contributed by atoms with Crippen LogP contribution in [0.15, 0.2) is 0 Å². The van der Waals surface area contributed by atoms with Crippen molar-refractivity contribution in [1.29, 1.82) is 0 Å². The monoisotopic (exact) mass is 517 g/mol. The summed E-state index contributed by atoms with van der Waals surface area (Å²) in [7, 11) is 2.79. The molecule has 0 aliphatic heterocycles. The van der Waals surface area contributed by atoms with Crippen molar-refractivity contribution in [2.24, 2.45) is 11.8 Å². The number of hydrogen-bond donors (Lipinski definition) is 3. The molecule has 0 fully saturated rings. The Morgan fingerprint density at radius 2 is 1.39 bits per heavy atom. The molecule has 0 saturated carbocycles. The second-order valence-electron chi connectivity index (χ2n) is 8.84. The molecule has 0 rings (SSSR count). The second kappa shape index (κ2) is 22.9. The predicted octanol–water partition coefficient (Wildman–Crippen LogP) is 2.77. The minimum atomic E-state index is -0.714. The van der Waals surface area contributed by atoms with Crippen molar-refractivity contribution in [3.8, 4) is 0 Å². The molecular weight excluding hydrogens is 466 g/mol. The molecule has 212 valence electrons. The number of ether oxygens (including phenoxy) is 2. The Balaban J connectivity index is -0.00000137. The zero-order chi connectivity index (χ0) is 28.8. The van der Waals surface area contributed by atoms with E-state index in [4.69, 9.17) is 4.74 Å². The van der Waals surface area contributed by atoms with Gasteiger partial charge >= 0.3 is 5.97 Å². The van der Waals surface area contributed by atoms with E-state index < -0.39 is 30.0 Å². The molecule has 0 heterocycles. The summed E-state index contributed by atoms with van der Waals surface area (Å²) in [6.45, 7) is 16.3. The van der Waals surface area contributed by atoms with Gasteiger partial charge in [0.25, 0.3) is 0 Å². The first-order chi connectivity index (χ1) is 16.8. The number of nitrogens with one attached hydrogen (secondary N) is 3. The van der Waals surface area contributed by atoms with Crippen molar-refractivity contribution in [1.82, 2.24) is 16.0 Å². The van der Waals surface area contributed by atoms with Crippen LogP contribution in [0.2, 0.25) is 0 Å². The van der Waals surface area contributed by atoms with Gasteiger partial charge in [0.15, 0.2) is 5.78 Å². The van der Waals surface area contributed by atoms with Crippen molar-refractivity contribution in [3.05, 3.63) is 0 Å². The van der Waals surface area contributed by atoms with Crippen molar-refractivity contribution in [2.45, 2.75) is 106 Å². The molecule has 3 unspecified atom stereocenters. The number of carbonyl (C=O) groups is 5. The third-order valence-electron chi connectivity index (χ3n) is 4.87. The maximum Gasteiger partial charge on any atom is 0.302 e. The Morgan fingerprint density at radius 3 is 1.78 bits per heavy atom. The molecule has 36 heavy (non-hydrogen) atoms. The van der Waals surface area contributed by atoms with Crippen LogP contribution in [0.3, 0.4) is 0 Å². The molecule has 0 aromatic rings. The average Bonchev–Trinajstić information content (AvgIpc) is 2.84. The van der Waals surface area contributed by atoms with Gasteiger partial charge in [-0.3, -0.25) is 24.0 Å². The standard InChI is InChI=1S/C21H39N3O5.C3H6O2.C2H6/c1-8-9-10-17(25)24-19(14(4)5)21(28)22-12-18(26)23-16(11-13(2)3)20(27)15(6)29-7;1-3(4)5-2;1-2/h13-16,19H,8-12H2,1-7H3,(H,22,28)(H,23,26)(H,24,25);1-2H3;1-2H3. The van der Waals surface area contributed by atoms with Crippen LogP contribution in [0.4, 0.5) is 0 Å². The van der Waals surface area contributed by atoms with E-state index in [1.54, 1.807) is 6.92 Å². The lowest BCUT2D eigenvalue weighted by Gasteiger charge is -2.23. The van der Waals surface area contributed by atoms with Gasteiger partial charge in [0, 0.05) is 20.5 Å². The van der Waals surface area contributed by atoms with Crippen molar-refractivity contribution >= 4 is 29.5 Å². The van der Waals surface area contributed by atoms with Gasteiger partial charge in [-0.2, -0.15) is 0 Å². The molecular formula is C26H51N3O7. The normalized spacial score (nSPS) is 12.6. The van der Waals surface area contributed by atoms with Gasteiger partial charge in [-0.1, -0.05) is 54.9 Å². The Labute approximate surface area is 218 Å². The SMILES string of the molecule is CC.CCCCC(=O)NC(C(=O)NCC(=O)NC(CC(C)C)C(=O)C(C)OC)C(C)C.COC(C)=O. The second-order valence-corrected chi connectivity index (χ2v) is 8.84. The summed E-state index contributed by atoms with van der Waals surface area (Å²) in [5.74, 6) is -1.43. The van der Waals surface area contributed by atoms with Crippen LogP contribution in [0.1, 0.15) is 88.0 Å². The number of carbonyl (C=O) groups excluding carboxylic acids is 5. The number of unbranched alkanes of at least 4 members (excludes halogenated alkanes) is 1. The Morgan fingerprint density at radius 1 is 0.861 bits per heavy atom.